The highest BCUT2D eigenvalue weighted by molar-refractivity contribution is 7.29. The number of nitrogens with zero attached hydrogens (tertiary/aromatic N) is 2. The van der Waals surface area contributed by atoms with Gasteiger partial charge in [0, 0.05) is 11.4 Å². The van der Waals surface area contributed by atoms with Gasteiger partial charge in [0.05, 0.1) is 17.3 Å². The average molecular weight is 496 g/mol. The maximum absolute atomic E-state index is 13.9. The third-order valence-corrected chi connectivity index (χ3v) is 7.97. The van der Waals surface area contributed by atoms with Crippen molar-refractivity contribution in [3.63, 3.8) is 0 Å². The maximum atomic E-state index is 13.9. The van der Waals surface area contributed by atoms with Crippen molar-refractivity contribution in [1.82, 2.24) is 5.32 Å². The largest absolute Gasteiger partial charge is 0.354 e. The van der Waals surface area contributed by atoms with E-state index in [1.165, 1.54) is 5.56 Å². The van der Waals surface area contributed by atoms with Crippen LogP contribution in [-0.4, -0.2) is 23.7 Å². The molecule has 0 saturated heterocycles. The Balaban J connectivity index is 1.90. The SMILES string of the molecule is CCCCNC(=O)C1(C)C(c2cccs2)C(c2ccc(C)cc2)=NN1c1ccc(P)cc1P. The molecule has 1 aromatic heterocycles. The summed E-state index contributed by atoms with van der Waals surface area (Å²) < 4.78 is 0. The van der Waals surface area contributed by atoms with E-state index >= 15 is 0 Å². The second-order valence-electron chi connectivity index (χ2n) is 8.69. The second-order valence-corrected chi connectivity index (χ2v) is 11.0. The third kappa shape index (κ3) is 4.64. The number of hydrogen-bond donors (Lipinski definition) is 1. The summed E-state index contributed by atoms with van der Waals surface area (Å²) in [7, 11) is 5.55. The highest BCUT2D eigenvalue weighted by Crippen LogP contribution is 2.46. The summed E-state index contributed by atoms with van der Waals surface area (Å²) in [6, 6.07) is 18.8. The van der Waals surface area contributed by atoms with Crippen LogP contribution in [0.4, 0.5) is 5.69 Å². The fourth-order valence-corrected chi connectivity index (χ4v) is 6.16. The van der Waals surface area contributed by atoms with Crippen molar-refractivity contribution in [1.29, 1.82) is 0 Å². The van der Waals surface area contributed by atoms with Crippen LogP contribution in [0.3, 0.4) is 0 Å². The smallest absolute Gasteiger partial charge is 0.248 e. The molecule has 3 aromatic rings. The molecule has 4 rings (SSSR count). The lowest BCUT2D eigenvalue weighted by molar-refractivity contribution is -0.125. The number of anilines is 1. The number of amides is 1. The Labute approximate surface area is 205 Å². The standard InChI is InChI=1S/C26H31N3OP2S/c1-4-5-14-27-25(30)26(3)23(22-7-6-15-33-22)24(18-10-8-17(2)9-11-18)28-29(26)20-13-12-19(31)16-21(20)32/h6-13,15-16,23H,4-5,14,31-32H2,1-3H3,(H,27,30). The van der Waals surface area contributed by atoms with E-state index in [0.717, 1.165) is 45.3 Å². The van der Waals surface area contributed by atoms with Gasteiger partial charge >= 0.3 is 0 Å². The van der Waals surface area contributed by atoms with Crippen LogP contribution in [0.5, 0.6) is 0 Å². The Hall–Kier alpha value is -2.06. The molecular formula is C26H31N3OP2S. The van der Waals surface area contributed by atoms with Gasteiger partial charge in [0.15, 0.2) is 5.54 Å². The van der Waals surface area contributed by atoms with Crippen LogP contribution in [0.2, 0.25) is 0 Å². The molecule has 4 nitrogen and oxygen atoms in total. The average Bonchev–Trinajstić information content (AvgIpc) is 3.41. The number of hydrogen-bond acceptors (Lipinski definition) is 4. The van der Waals surface area contributed by atoms with E-state index in [0.29, 0.717) is 6.54 Å². The number of hydrazone groups is 1. The molecule has 172 valence electrons. The molecule has 1 N–H and O–H groups in total. The van der Waals surface area contributed by atoms with E-state index in [9.17, 15) is 4.79 Å². The second kappa shape index (κ2) is 10.1. The molecular weight excluding hydrogens is 464 g/mol. The molecule has 0 saturated carbocycles. The van der Waals surface area contributed by atoms with Crippen molar-refractivity contribution < 1.29 is 4.79 Å². The lowest BCUT2D eigenvalue weighted by Gasteiger charge is -2.38. The Morgan fingerprint density at radius 1 is 1.18 bits per heavy atom. The van der Waals surface area contributed by atoms with Crippen molar-refractivity contribution in [3.05, 3.63) is 76.0 Å². The molecule has 1 amide bonds. The zero-order chi connectivity index (χ0) is 23.6. The van der Waals surface area contributed by atoms with Crippen LogP contribution in [0.15, 0.2) is 65.1 Å². The molecule has 0 spiro atoms. The molecule has 0 radical (unpaired) electrons. The summed E-state index contributed by atoms with van der Waals surface area (Å²) in [4.78, 5) is 15.0. The van der Waals surface area contributed by atoms with Gasteiger partial charge in [-0.2, -0.15) is 5.10 Å². The minimum Gasteiger partial charge on any atom is -0.354 e. The number of rotatable bonds is 7. The van der Waals surface area contributed by atoms with E-state index in [1.807, 2.05) is 18.0 Å². The lowest BCUT2D eigenvalue weighted by Crippen LogP contribution is -2.57. The first-order valence-corrected chi connectivity index (χ1v) is 13.3. The van der Waals surface area contributed by atoms with Crippen LogP contribution in [0.1, 0.15) is 48.6 Å². The van der Waals surface area contributed by atoms with E-state index in [4.69, 9.17) is 5.10 Å². The number of thiophene rings is 1. The Morgan fingerprint density at radius 3 is 2.58 bits per heavy atom. The molecule has 4 atom stereocenters. The Kier molecular flexibility index (Phi) is 7.34. The summed E-state index contributed by atoms with van der Waals surface area (Å²) in [6.07, 6.45) is 1.99. The summed E-state index contributed by atoms with van der Waals surface area (Å²) >= 11 is 1.68. The van der Waals surface area contributed by atoms with Gasteiger partial charge in [-0.3, -0.25) is 4.79 Å². The zero-order valence-corrected chi connectivity index (χ0v) is 22.5. The summed E-state index contributed by atoms with van der Waals surface area (Å²) in [6.45, 7) is 6.91. The van der Waals surface area contributed by atoms with Crippen LogP contribution >= 0.6 is 29.8 Å². The normalized spacial score (nSPS) is 20.1. The molecule has 0 aliphatic carbocycles. The fourth-order valence-electron chi connectivity index (χ4n) is 4.33. The van der Waals surface area contributed by atoms with Crippen molar-refractivity contribution in [3.8, 4) is 0 Å². The molecule has 1 aliphatic heterocycles. The molecule has 0 bridgehead atoms. The molecule has 4 unspecified atom stereocenters. The molecule has 2 aromatic carbocycles. The number of benzene rings is 2. The van der Waals surface area contributed by atoms with Crippen molar-refractivity contribution in [2.75, 3.05) is 11.6 Å². The van der Waals surface area contributed by atoms with Crippen LogP contribution < -0.4 is 20.9 Å². The highest BCUT2D eigenvalue weighted by Gasteiger charge is 2.55. The quantitative estimate of drug-likeness (QED) is 0.380. The summed E-state index contributed by atoms with van der Waals surface area (Å²) in [5.74, 6) is -0.193. The van der Waals surface area contributed by atoms with Crippen LogP contribution in [-0.2, 0) is 4.79 Å². The minimum absolute atomic E-state index is 0.000406. The van der Waals surface area contributed by atoms with E-state index in [2.05, 4.69) is 91.6 Å². The molecule has 2 heterocycles. The topological polar surface area (TPSA) is 44.7 Å². The number of carbonyl (C=O) groups excluding carboxylic acids is 1. The number of carbonyl (C=O) groups is 1. The first-order valence-electron chi connectivity index (χ1n) is 11.3. The predicted octanol–water partition coefficient (Wildman–Crippen LogP) is 4.74. The van der Waals surface area contributed by atoms with E-state index < -0.39 is 5.54 Å². The summed E-state index contributed by atoms with van der Waals surface area (Å²) in [5, 5.41) is 14.5. The zero-order valence-electron chi connectivity index (χ0n) is 19.3. The predicted molar refractivity (Wildman–Crippen MR) is 149 cm³/mol. The fraction of sp³-hybridized carbons (Fsp3) is 0.308. The van der Waals surface area contributed by atoms with E-state index in [1.54, 1.807) is 11.3 Å². The maximum Gasteiger partial charge on any atom is 0.248 e. The van der Waals surface area contributed by atoms with Gasteiger partial charge in [0.25, 0.3) is 0 Å². The van der Waals surface area contributed by atoms with Gasteiger partial charge in [0.2, 0.25) is 5.91 Å². The van der Waals surface area contributed by atoms with Gasteiger partial charge in [-0.1, -0.05) is 55.3 Å². The third-order valence-electron chi connectivity index (χ3n) is 6.21. The van der Waals surface area contributed by atoms with Crippen LogP contribution in [0, 0.1) is 6.92 Å². The molecule has 0 fully saturated rings. The molecule has 7 heteroatoms. The minimum atomic E-state index is -0.910. The van der Waals surface area contributed by atoms with Gasteiger partial charge < -0.3 is 5.32 Å². The van der Waals surface area contributed by atoms with Gasteiger partial charge in [-0.05, 0) is 60.0 Å². The molecule has 33 heavy (non-hydrogen) atoms. The summed E-state index contributed by atoms with van der Waals surface area (Å²) in [5.41, 5.74) is 3.17. The van der Waals surface area contributed by atoms with Crippen molar-refractivity contribution in [2.45, 2.75) is 45.1 Å². The highest BCUT2D eigenvalue weighted by atomic mass is 32.1. The van der Waals surface area contributed by atoms with Crippen molar-refractivity contribution in [2.24, 2.45) is 5.10 Å². The Bertz CT molecular complexity index is 1160. The van der Waals surface area contributed by atoms with Crippen molar-refractivity contribution >= 4 is 57.7 Å². The van der Waals surface area contributed by atoms with Gasteiger partial charge in [-0.25, -0.2) is 5.01 Å². The monoisotopic (exact) mass is 495 g/mol. The number of nitrogens with one attached hydrogen (secondary N) is 1. The number of unbranched alkanes of at least 4 members (excludes halogenated alkanes) is 1. The number of aryl methyl sites for hydroxylation is 1. The van der Waals surface area contributed by atoms with Gasteiger partial charge in [-0.15, -0.1) is 29.8 Å². The first kappa shape index (κ1) is 24.1. The van der Waals surface area contributed by atoms with E-state index in [-0.39, 0.29) is 11.8 Å². The van der Waals surface area contributed by atoms with Gasteiger partial charge in [0.1, 0.15) is 0 Å². The lowest BCUT2D eigenvalue weighted by atomic mass is 9.78. The molecule has 1 aliphatic rings. The Morgan fingerprint density at radius 2 is 1.94 bits per heavy atom. The first-order chi connectivity index (χ1) is 15.9. The van der Waals surface area contributed by atoms with Crippen LogP contribution in [0.25, 0.3) is 0 Å².